The lowest BCUT2D eigenvalue weighted by Crippen LogP contribution is -2.35. The van der Waals surface area contributed by atoms with E-state index in [4.69, 9.17) is 4.42 Å². The zero-order valence-corrected chi connectivity index (χ0v) is 16.7. The fourth-order valence-electron chi connectivity index (χ4n) is 3.02. The molecule has 3 rings (SSSR count). The first-order chi connectivity index (χ1) is 13.3. The van der Waals surface area contributed by atoms with Gasteiger partial charge in [0.1, 0.15) is 0 Å². The van der Waals surface area contributed by atoms with E-state index < -0.39 is 15.9 Å². The van der Waals surface area contributed by atoms with Gasteiger partial charge in [-0.25, -0.2) is 8.42 Å². The minimum Gasteiger partial charge on any atom is -0.438 e. The van der Waals surface area contributed by atoms with Crippen molar-refractivity contribution in [1.29, 1.82) is 0 Å². The van der Waals surface area contributed by atoms with Crippen LogP contribution in [0.15, 0.2) is 45.9 Å². The van der Waals surface area contributed by atoms with Gasteiger partial charge in [-0.3, -0.25) is 9.59 Å². The Hall–Kier alpha value is -2.65. The lowest BCUT2D eigenvalue weighted by Gasteiger charge is -2.24. The molecular weight excluding hydrogens is 382 g/mol. The van der Waals surface area contributed by atoms with Gasteiger partial charge in [-0.2, -0.15) is 4.31 Å². The Morgan fingerprint density at radius 3 is 2.39 bits per heavy atom. The molecule has 0 atom stereocenters. The van der Waals surface area contributed by atoms with Crippen LogP contribution in [0.4, 0.5) is 5.69 Å². The maximum absolute atomic E-state index is 12.7. The lowest BCUT2D eigenvalue weighted by molar-refractivity contribution is 0.0828. The van der Waals surface area contributed by atoms with E-state index in [0.29, 0.717) is 24.3 Å². The minimum absolute atomic E-state index is 0.136. The van der Waals surface area contributed by atoms with Crippen LogP contribution in [0.5, 0.6) is 0 Å². The van der Waals surface area contributed by atoms with E-state index in [9.17, 15) is 18.0 Å². The molecule has 8 nitrogen and oxygen atoms in total. The third-order valence-corrected chi connectivity index (χ3v) is 6.30. The van der Waals surface area contributed by atoms with Crippen molar-refractivity contribution in [3.05, 3.63) is 47.7 Å². The van der Waals surface area contributed by atoms with Crippen molar-refractivity contribution in [3.8, 4) is 0 Å². The van der Waals surface area contributed by atoms with Crippen LogP contribution >= 0.6 is 0 Å². The van der Waals surface area contributed by atoms with Crippen LogP contribution in [0.25, 0.3) is 0 Å². The van der Waals surface area contributed by atoms with Crippen LogP contribution in [0.3, 0.4) is 0 Å². The maximum atomic E-state index is 12.7. The Morgan fingerprint density at radius 1 is 1.04 bits per heavy atom. The third-order valence-electron chi connectivity index (χ3n) is 4.53. The number of hydrogen-bond donors (Lipinski definition) is 1. The second kappa shape index (κ2) is 8.15. The molecule has 28 heavy (non-hydrogen) atoms. The minimum atomic E-state index is -3.75. The van der Waals surface area contributed by atoms with Crippen molar-refractivity contribution in [2.75, 3.05) is 32.5 Å². The van der Waals surface area contributed by atoms with Gasteiger partial charge in [0.2, 0.25) is 5.09 Å². The SMILES string of the molecule is CN(C)C(=O)c1ccccc1NC(=O)c1ccc(S(=O)(=O)N2CCCCC2)o1. The van der Waals surface area contributed by atoms with Gasteiger partial charge in [-0.05, 0) is 37.1 Å². The van der Waals surface area contributed by atoms with Crippen molar-refractivity contribution < 1.29 is 22.4 Å². The molecule has 1 saturated heterocycles. The number of nitrogens with zero attached hydrogens (tertiary/aromatic N) is 2. The number of sulfonamides is 1. The Balaban J connectivity index is 1.80. The van der Waals surface area contributed by atoms with Gasteiger partial charge in [0.05, 0.1) is 11.3 Å². The maximum Gasteiger partial charge on any atom is 0.291 e. The summed E-state index contributed by atoms with van der Waals surface area (Å²) in [6.07, 6.45) is 2.62. The van der Waals surface area contributed by atoms with Crippen molar-refractivity contribution >= 4 is 27.5 Å². The molecule has 1 aromatic heterocycles. The van der Waals surface area contributed by atoms with E-state index in [1.807, 2.05) is 0 Å². The number of furan rings is 1. The summed E-state index contributed by atoms with van der Waals surface area (Å²) in [4.78, 5) is 26.2. The molecule has 2 aromatic rings. The molecule has 1 N–H and O–H groups in total. The van der Waals surface area contributed by atoms with E-state index in [-0.39, 0.29) is 16.8 Å². The summed E-state index contributed by atoms with van der Waals surface area (Å²) in [6.45, 7) is 0.898. The molecule has 1 fully saturated rings. The van der Waals surface area contributed by atoms with E-state index in [1.54, 1.807) is 38.4 Å². The number of anilines is 1. The predicted molar refractivity (Wildman–Crippen MR) is 104 cm³/mol. The van der Waals surface area contributed by atoms with Crippen molar-refractivity contribution in [3.63, 3.8) is 0 Å². The highest BCUT2D eigenvalue weighted by molar-refractivity contribution is 7.89. The Kier molecular flexibility index (Phi) is 5.85. The average Bonchev–Trinajstić information content (AvgIpc) is 3.20. The normalized spacial score (nSPS) is 15.2. The van der Waals surface area contributed by atoms with Crippen LogP contribution in [0.1, 0.15) is 40.2 Å². The second-order valence-corrected chi connectivity index (χ2v) is 8.65. The van der Waals surface area contributed by atoms with Crippen molar-refractivity contribution in [2.24, 2.45) is 0 Å². The standard InChI is InChI=1S/C19H23N3O5S/c1-21(2)19(24)14-8-4-5-9-15(14)20-18(23)16-10-11-17(27-16)28(25,26)22-12-6-3-7-13-22/h4-5,8-11H,3,6-7,12-13H2,1-2H3,(H,20,23). The van der Waals surface area contributed by atoms with Crippen molar-refractivity contribution in [1.82, 2.24) is 9.21 Å². The molecule has 1 aliphatic rings. The summed E-state index contributed by atoms with van der Waals surface area (Å²) >= 11 is 0. The molecule has 2 heterocycles. The first kappa shape index (κ1) is 20.1. The number of benzene rings is 1. The molecule has 1 aliphatic heterocycles. The fourth-order valence-corrected chi connectivity index (χ4v) is 4.45. The quantitative estimate of drug-likeness (QED) is 0.823. The molecule has 0 bridgehead atoms. The molecule has 150 valence electrons. The summed E-state index contributed by atoms with van der Waals surface area (Å²) in [5.74, 6) is -1.02. The number of carbonyl (C=O) groups excluding carboxylic acids is 2. The first-order valence-corrected chi connectivity index (χ1v) is 10.5. The number of para-hydroxylation sites is 1. The zero-order valence-electron chi connectivity index (χ0n) is 15.8. The van der Waals surface area contributed by atoms with Crippen molar-refractivity contribution in [2.45, 2.75) is 24.4 Å². The third kappa shape index (κ3) is 4.10. The van der Waals surface area contributed by atoms with Gasteiger partial charge in [0.15, 0.2) is 5.76 Å². The highest BCUT2D eigenvalue weighted by atomic mass is 32.2. The van der Waals surface area contributed by atoms with E-state index in [1.165, 1.54) is 21.3 Å². The van der Waals surface area contributed by atoms with E-state index in [2.05, 4.69) is 5.32 Å². The van der Waals surface area contributed by atoms with E-state index in [0.717, 1.165) is 19.3 Å². The number of piperidine rings is 1. The number of carbonyl (C=O) groups is 2. The topological polar surface area (TPSA) is 99.9 Å². The summed E-state index contributed by atoms with van der Waals surface area (Å²) in [6, 6.07) is 9.20. The lowest BCUT2D eigenvalue weighted by atomic mass is 10.1. The summed E-state index contributed by atoms with van der Waals surface area (Å²) in [5, 5.41) is 2.37. The average molecular weight is 405 g/mol. The Morgan fingerprint density at radius 2 is 1.71 bits per heavy atom. The van der Waals surface area contributed by atoms with Gasteiger partial charge < -0.3 is 14.6 Å². The molecule has 0 saturated carbocycles. The van der Waals surface area contributed by atoms with Gasteiger partial charge in [0, 0.05) is 27.2 Å². The second-order valence-electron chi connectivity index (χ2n) is 6.78. The monoisotopic (exact) mass is 405 g/mol. The van der Waals surface area contributed by atoms with Crippen LogP contribution in [0.2, 0.25) is 0 Å². The number of rotatable bonds is 5. The number of hydrogen-bond acceptors (Lipinski definition) is 5. The molecule has 0 radical (unpaired) electrons. The highest BCUT2D eigenvalue weighted by Gasteiger charge is 2.29. The summed E-state index contributed by atoms with van der Waals surface area (Å²) in [5.41, 5.74) is 0.650. The molecule has 0 aliphatic carbocycles. The molecule has 2 amide bonds. The number of amides is 2. The van der Waals surface area contributed by atoms with Crippen LogP contribution in [-0.2, 0) is 10.0 Å². The number of nitrogens with one attached hydrogen (secondary N) is 1. The first-order valence-electron chi connectivity index (χ1n) is 9.03. The van der Waals surface area contributed by atoms with Crippen LogP contribution < -0.4 is 5.32 Å². The molecule has 9 heteroatoms. The van der Waals surface area contributed by atoms with Crippen LogP contribution in [0, 0.1) is 0 Å². The van der Waals surface area contributed by atoms with Crippen LogP contribution in [-0.4, -0.2) is 56.6 Å². The fraction of sp³-hybridized carbons (Fsp3) is 0.368. The Bertz CT molecular complexity index is 975. The predicted octanol–water partition coefficient (Wildman–Crippen LogP) is 2.41. The van der Waals surface area contributed by atoms with Gasteiger partial charge >= 0.3 is 0 Å². The van der Waals surface area contributed by atoms with Gasteiger partial charge in [-0.1, -0.05) is 18.6 Å². The Labute approximate surface area is 164 Å². The van der Waals surface area contributed by atoms with Gasteiger partial charge in [0.25, 0.3) is 21.8 Å². The molecule has 0 spiro atoms. The van der Waals surface area contributed by atoms with Gasteiger partial charge in [-0.15, -0.1) is 0 Å². The highest BCUT2D eigenvalue weighted by Crippen LogP contribution is 2.23. The summed E-state index contributed by atoms with van der Waals surface area (Å²) < 4.78 is 32.0. The molecule has 1 aromatic carbocycles. The smallest absolute Gasteiger partial charge is 0.291 e. The molecular formula is C19H23N3O5S. The summed E-state index contributed by atoms with van der Waals surface area (Å²) in [7, 11) is -0.522. The zero-order chi connectivity index (χ0) is 20.3. The largest absolute Gasteiger partial charge is 0.438 e. The molecule has 0 unspecified atom stereocenters. The van der Waals surface area contributed by atoms with E-state index >= 15 is 0 Å².